The van der Waals surface area contributed by atoms with E-state index in [2.05, 4.69) is 4.98 Å². The van der Waals surface area contributed by atoms with E-state index in [0.717, 1.165) is 5.69 Å². The molecule has 1 heterocycles. The van der Waals surface area contributed by atoms with Crippen molar-refractivity contribution >= 4 is 0 Å². The molecule has 0 saturated carbocycles. The van der Waals surface area contributed by atoms with Gasteiger partial charge in [-0.25, -0.2) is 0 Å². The van der Waals surface area contributed by atoms with Crippen molar-refractivity contribution in [3.8, 4) is 0 Å². The molecule has 0 aliphatic heterocycles. The van der Waals surface area contributed by atoms with E-state index in [9.17, 15) is 13.2 Å². The SMILES string of the molecule is Cc1cccc(CN(C)C(CN)C(F)(F)F)n1. The summed E-state index contributed by atoms with van der Waals surface area (Å²) in [7, 11) is 1.40. The van der Waals surface area contributed by atoms with Crippen LogP contribution >= 0.6 is 0 Å². The Labute approximate surface area is 98.4 Å². The highest BCUT2D eigenvalue weighted by atomic mass is 19.4. The Bertz CT molecular complexity index is 365. The van der Waals surface area contributed by atoms with Gasteiger partial charge in [0.05, 0.1) is 5.69 Å². The average molecular weight is 247 g/mol. The van der Waals surface area contributed by atoms with Crippen molar-refractivity contribution in [3.05, 3.63) is 29.6 Å². The zero-order valence-electron chi connectivity index (χ0n) is 9.83. The number of halogens is 3. The molecule has 0 bridgehead atoms. The summed E-state index contributed by atoms with van der Waals surface area (Å²) in [4.78, 5) is 5.33. The Kier molecular flexibility index (Phi) is 4.47. The fourth-order valence-corrected chi connectivity index (χ4v) is 1.62. The minimum Gasteiger partial charge on any atom is -0.329 e. The van der Waals surface area contributed by atoms with Crippen molar-refractivity contribution in [2.75, 3.05) is 13.6 Å². The number of hydrogen-bond donors (Lipinski definition) is 1. The molecule has 1 unspecified atom stereocenters. The van der Waals surface area contributed by atoms with Gasteiger partial charge in [-0.2, -0.15) is 13.2 Å². The van der Waals surface area contributed by atoms with Gasteiger partial charge in [0.15, 0.2) is 0 Å². The van der Waals surface area contributed by atoms with Crippen molar-refractivity contribution in [2.24, 2.45) is 5.73 Å². The first-order chi connectivity index (χ1) is 7.84. The van der Waals surface area contributed by atoms with E-state index >= 15 is 0 Å². The van der Waals surface area contributed by atoms with Crippen LogP contribution in [0.5, 0.6) is 0 Å². The van der Waals surface area contributed by atoms with Gasteiger partial charge in [0, 0.05) is 18.8 Å². The molecule has 1 rings (SSSR count). The van der Waals surface area contributed by atoms with Crippen LogP contribution in [0.4, 0.5) is 13.2 Å². The van der Waals surface area contributed by atoms with Crippen molar-refractivity contribution < 1.29 is 13.2 Å². The lowest BCUT2D eigenvalue weighted by Gasteiger charge is -2.28. The highest BCUT2D eigenvalue weighted by Gasteiger charge is 2.41. The Morgan fingerprint density at radius 2 is 2.06 bits per heavy atom. The summed E-state index contributed by atoms with van der Waals surface area (Å²) in [5.41, 5.74) is 6.55. The van der Waals surface area contributed by atoms with Crippen molar-refractivity contribution in [2.45, 2.75) is 25.7 Å². The van der Waals surface area contributed by atoms with Crippen molar-refractivity contribution in [1.29, 1.82) is 0 Å². The van der Waals surface area contributed by atoms with Gasteiger partial charge >= 0.3 is 6.18 Å². The minimum atomic E-state index is -4.31. The molecule has 1 atom stereocenters. The largest absolute Gasteiger partial charge is 0.405 e. The monoisotopic (exact) mass is 247 g/mol. The Morgan fingerprint density at radius 1 is 1.41 bits per heavy atom. The van der Waals surface area contributed by atoms with Gasteiger partial charge < -0.3 is 5.73 Å². The smallest absolute Gasteiger partial charge is 0.329 e. The molecular weight excluding hydrogens is 231 g/mol. The van der Waals surface area contributed by atoms with Crippen LogP contribution in [0, 0.1) is 6.92 Å². The fraction of sp³-hybridized carbons (Fsp3) is 0.545. The molecule has 1 aromatic heterocycles. The number of aryl methyl sites for hydroxylation is 1. The van der Waals surface area contributed by atoms with Gasteiger partial charge in [-0.3, -0.25) is 9.88 Å². The molecule has 0 fully saturated rings. The fourth-order valence-electron chi connectivity index (χ4n) is 1.62. The standard InChI is InChI=1S/C11H16F3N3/c1-8-4-3-5-9(16-8)7-17(2)10(6-15)11(12,13)14/h3-5,10H,6-7,15H2,1-2H3. The van der Waals surface area contributed by atoms with Gasteiger partial charge in [0.1, 0.15) is 6.04 Å². The number of pyridine rings is 1. The van der Waals surface area contributed by atoms with E-state index in [0.29, 0.717) is 5.69 Å². The number of likely N-dealkylation sites (N-methyl/N-ethyl adjacent to an activating group) is 1. The second kappa shape index (κ2) is 5.46. The van der Waals surface area contributed by atoms with E-state index < -0.39 is 18.8 Å². The molecule has 96 valence electrons. The number of nitrogens with two attached hydrogens (primary N) is 1. The van der Waals surface area contributed by atoms with Crippen LogP contribution in [0.15, 0.2) is 18.2 Å². The number of aromatic nitrogens is 1. The lowest BCUT2D eigenvalue weighted by atomic mass is 10.2. The molecule has 2 N–H and O–H groups in total. The Balaban J connectivity index is 2.74. The zero-order valence-corrected chi connectivity index (χ0v) is 9.83. The van der Waals surface area contributed by atoms with Crippen LogP contribution in [-0.2, 0) is 6.54 Å². The van der Waals surface area contributed by atoms with Crippen LogP contribution in [0.1, 0.15) is 11.4 Å². The lowest BCUT2D eigenvalue weighted by Crippen LogP contribution is -2.48. The van der Waals surface area contributed by atoms with E-state index in [1.165, 1.54) is 11.9 Å². The van der Waals surface area contributed by atoms with Gasteiger partial charge in [-0.05, 0) is 26.1 Å². The first kappa shape index (κ1) is 13.9. The minimum absolute atomic E-state index is 0.128. The Hall–Kier alpha value is -1.14. The molecule has 0 aromatic carbocycles. The van der Waals surface area contributed by atoms with Crippen molar-refractivity contribution in [1.82, 2.24) is 9.88 Å². The quantitative estimate of drug-likeness (QED) is 0.880. The van der Waals surface area contributed by atoms with Crippen LogP contribution in [0.25, 0.3) is 0 Å². The molecule has 3 nitrogen and oxygen atoms in total. The summed E-state index contributed by atoms with van der Waals surface area (Å²) in [5.74, 6) is 0. The molecule has 0 amide bonds. The topological polar surface area (TPSA) is 42.1 Å². The van der Waals surface area contributed by atoms with Crippen LogP contribution in [0.3, 0.4) is 0 Å². The van der Waals surface area contributed by atoms with E-state index in [1.54, 1.807) is 25.1 Å². The molecule has 0 spiro atoms. The third-order valence-corrected chi connectivity index (χ3v) is 2.49. The highest BCUT2D eigenvalue weighted by Crippen LogP contribution is 2.24. The molecule has 0 aliphatic rings. The first-order valence-electron chi connectivity index (χ1n) is 5.24. The number of rotatable bonds is 4. The second-order valence-corrected chi connectivity index (χ2v) is 3.98. The van der Waals surface area contributed by atoms with Crippen molar-refractivity contribution in [3.63, 3.8) is 0 Å². The van der Waals surface area contributed by atoms with Crippen LogP contribution < -0.4 is 5.73 Å². The van der Waals surface area contributed by atoms with Crippen LogP contribution in [0.2, 0.25) is 0 Å². The van der Waals surface area contributed by atoms with Gasteiger partial charge in [-0.15, -0.1) is 0 Å². The highest BCUT2D eigenvalue weighted by molar-refractivity contribution is 5.09. The molecule has 0 radical (unpaired) electrons. The zero-order chi connectivity index (χ0) is 13.1. The number of alkyl halides is 3. The normalized spacial score (nSPS) is 14.1. The third-order valence-electron chi connectivity index (χ3n) is 2.49. The average Bonchev–Trinajstić information content (AvgIpc) is 2.15. The summed E-state index contributed by atoms with van der Waals surface area (Å²) in [6, 6.07) is 3.64. The summed E-state index contributed by atoms with van der Waals surface area (Å²) in [6.45, 7) is 1.47. The predicted molar refractivity (Wildman–Crippen MR) is 59.3 cm³/mol. The number of nitrogens with zero attached hydrogens (tertiary/aromatic N) is 2. The van der Waals surface area contributed by atoms with E-state index in [4.69, 9.17) is 5.73 Å². The summed E-state index contributed by atoms with van der Waals surface area (Å²) >= 11 is 0. The van der Waals surface area contributed by atoms with Gasteiger partial charge in [-0.1, -0.05) is 6.07 Å². The second-order valence-electron chi connectivity index (χ2n) is 3.98. The first-order valence-corrected chi connectivity index (χ1v) is 5.24. The van der Waals surface area contributed by atoms with Gasteiger partial charge in [0.2, 0.25) is 0 Å². The van der Waals surface area contributed by atoms with Gasteiger partial charge in [0.25, 0.3) is 0 Å². The molecule has 1 aromatic rings. The van der Waals surface area contributed by atoms with E-state index in [-0.39, 0.29) is 6.54 Å². The molecule has 17 heavy (non-hydrogen) atoms. The summed E-state index contributed by atoms with van der Waals surface area (Å²) < 4.78 is 37.8. The maximum Gasteiger partial charge on any atom is 0.405 e. The predicted octanol–water partition coefficient (Wildman–Crippen LogP) is 1.71. The third kappa shape index (κ3) is 3.98. The lowest BCUT2D eigenvalue weighted by molar-refractivity contribution is -0.178. The molecule has 0 saturated heterocycles. The maximum absolute atomic E-state index is 12.6. The maximum atomic E-state index is 12.6. The Morgan fingerprint density at radius 3 is 2.53 bits per heavy atom. The van der Waals surface area contributed by atoms with E-state index in [1.807, 2.05) is 0 Å². The summed E-state index contributed by atoms with van der Waals surface area (Å²) in [6.07, 6.45) is -4.31. The van der Waals surface area contributed by atoms with Crippen LogP contribution in [-0.4, -0.2) is 35.7 Å². The summed E-state index contributed by atoms with van der Waals surface area (Å²) in [5, 5.41) is 0. The molecule has 0 aliphatic carbocycles. The molecule has 6 heteroatoms. The molecular formula is C11H16F3N3. The number of hydrogen-bond acceptors (Lipinski definition) is 3.